The molecule has 0 saturated carbocycles. The highest BCUT2D eigenvalue weighted by atomic mass is 15.1. The highest BCUT2D eigenvalue weighted by Gasteiger charge is 2.17. The Hall–Kier alpha value is -3.17. The van der Waals surface area contributed by atoms with E-state index in [0.29, 0.717) is 11.4 Å². The topological polar surface area (TPSA) is 102 Å². The predicted molar refractivity (Wildman–Crippen MR) is 60.5 cm³/mol. The maximum absolute atomic E-state index is 9.03. The predicted octanol–water partition coefficient (Wildman–Crippen LogP) is 1.21. The molecule has 0 aromatic carbocycles. The molecular formula is C12H6N6. The lowest BCUT2D eigenvalue weighted by molar-refractivity contribution is 0.826. The van der Waals surface area contributed by atoms with Crippen molar-refractivity contribution in [1.82, 2.24) is 14.5 Å². The lowest BCUT2D eigenvalue weighted by Gasteiger charge is -2.03. The summed E-state index contributed by atoms with van der Waals surface area (Å²) in [7, 11) is 0. The Balaban J connectivity index is 2.70. The molecule has 0 saturated heterocycles. The van der Waals surface area contributed by atoms with Gasteiger partial charge in [0.05, 0.1) is 6.07 Å². The molecule has 2 aromatic heterocycles. The van der Waals surface area contributed by atoms with Crippen LogP contribution < -0.4 is 0 Å². The molecule has 6 nitrogen and oxygen atoms in total. The van der Waals surface area contributed by atoms with Crippen LogP contribution in [0.5, 0.6) is 0 Å². The van der Waals surface area contributed by atoms with E-state index in [0.717, 1.165) is 0 Å². The molecule has 0 aliphatic rings. The van der Waals surface area contributed by atoms with E-state index in [9.17, 15) is 0 Å². The summed E-state index contributed by atoms with van der Waals surface area (Å²) in [4.78, 5) is 8.03. The number of hydrogen-bond acceptors (Lipinski definition) is 5. The Morgan fingerprint density at radius 3 is 2.61 bits per heavy atom. The van der Waals surface area contributed by atoms with Gasteiger partial charge in [0.15, 0.2) is 11.4 Å². The molecular weight excluding hydrogens is 228 g/mol. The third-order valence-corrected chi connectivity index (χ3v) is 2.33. The van der Waals surface area contributed by atoms with Crippen LogP contribution in [0.2, 0.25) is 0 Å². The van der Waals surface area contributed by atoms with Crippen molar-refractivity contribution in [3.63, 3.8) is 0 Å². The molecule has 0 unspecified atom stereocenters. The zero-order valence-electron chi connectivity index (χ0n) is 9.20. The van der Waals surface area contributed by atoms with Gasteiger partial charge in [-0.25, -0.2) is 4.98 Å². The average molecular weight is 234 g/mol. The first kappa shape index (κ1) is 11.3. The molecule has 0 fully saturated rings. The van der Waals surface area contributed by atoms with Gasteiger partial charge in [0.25, 0.3) is 0 Å². The first-order valence-corrected chi connectivity index (χ1v) is 5.00. The van der Waals surface area contributed by atoms with Gasteiger partial charge in [-0.3, -0.25) is 4.98 Å². The van der Waals surface area contributed by atoms with Crippen LogP contribution in [-0.2, 0) is 6.54 Å². The van der Waals surface area contributed by atoms with Gasteiger partial charge in [-0.15, -0.1) is 0 Å². The van der Waals surface area contributed by atoms with Crippen LogP contribution in [0.1, 0.15) is 11.4 Å². The zero-order valence-corrected chi connectivity index (χ0v) is 9.20. The number of rotatable bonds is 2. The number of hydrogen-bond donors (Lipinski definition) is 0. The smallest absolute Gasteiger partial charge is 0.177 e. The van der Waals surface area contributed by atoms with Gasteiger partial charge in [0, 0.05) is 18.0 Å². The third-order valence-electron chi connectivity index (χ3n) is 2.33. The molecule has 0 atom stereocenters. The van der Waals surface area contributed by atoms with Crippen molar-refractivity contribution in [2.75, 3.05) is 0 Å². The van der Waals surface area contributed by atoms with E-state index < -0.39 is 0 Å². The highest BCUT2D eigenvalue weighted by Crippen LogP contribution is 2.21. The van der Waals surface area contributed by atoms with Crippen LogP contribution in [0.4, 0.5) is 0 Å². The third kappa shape index (κ3) is 1.77. The minimum absolute atomic E-state index is 0.0200. The van der Waals surface area contributed by atoms with E-state index >= 15 is 0 Å². The Kier molecular flexibility index (Phi) is 3.00. The second-order valence-corrected chi connectivity index (χ2v) is 3.34. The SMILES string of the molecule is N#CCn1c(-c2cccnc2)nc(C#N)c1C#N. The fourth-order valence-corrected chi connectivity index (χ4v) is 1.58. The normalized spacial score (nSPS) is 9.17. The van der Waals surface area contributed by atoms with Crippen LogP contribution in [0.25, 0.3) is 11.4 Å². The quantitative estimate of drug-likeness (QED) is 0.777. The van der Waals surface area contributed by atoms with E-state index in [4.69, 9.17) is 15.8 Å². The molecule has 0 bridgehead atoms. The standard InChI is InChI=1S/C12H6N6/c13-3-5-18-11(7-15)10(6-14)17-12(18)9-2-1-4-16-8-9/h1-2,4,8H,5H2. The van der Waals surface area contributed by atoms with Crippen LogP contribution in [0, 0.1) is 34.0 Å². The zero-order chi connectivity index (χ0) is 13.0. The van der Waals surface area contributed by atoms with Crippen molar-refractivity contribution < 1.29 is 0 Å². The van der Waals surface area contributed by atoms with Gasteiger partial charge in [0.2, 0.25) is 0 Å². The van der Waals surface area contributed by atoms with Crippen LogP contribution in [0.15, 0.2) is 24.5 Å². The van der Waals surface area contributed by atoms with Gasteiger partial charge >= 0.3 is 0 Å². The van der Waals surface area contributed by atoms with Crippen molar-refractivity contribution in [1.29, 1.82) is 15.8 Å². The van der Waals surface area contributed by atoms with E-state index in [1.54, 1.807) is 24.5 Å². The molecule has 18 heavy (non-hydrogen) atoms. The van der Waals surface area contributed by atoms with Gasteiger partial charge in [-0.1, -0.05) is 0 Å². The first-order chi connectivity index (χ1) is 8.81. The molecule has 0 amide bonds. The van der Waals surface area contributed by atoms with Crippen molar-refractivity contribution in [3.8, 4) is 29.6 Å². The summed E-state index contributed by atoms with van der Waals surface area (Å²) in [6.45, 7) is -0.0399. The largest absolute Gasteiger partial charge is 0.301 e. The maximum Gasteiger partial charge on any atom is 0.177 e. The minimum atomic E-state index is -0.0399. The lowest BCUT2D eigenvalue weighted by Crippen LogP contribution is -2.02. The van der Waals surface area contributed by atoms with Gasteiger partial charge in [0.1, 0.15) is 24.5 Å². The molecule has 0 aliphatic carbocycles. The monoisotopic (exact) mass is 234 g/mol. The van der Waals surface area contributed by atoms with Crippen molar-refractivity contribution in [2.24, 2.45) is 0 Å². The molecule has 84 valence electrons. The molecule has 6 heteroatoms. The number of nitrogens with zero attached hydrogens (tertiary/aromatic N) is 6. The van der Waals surface area contributed by atoms with Gasteiger partial charge in [-0.05, 0) is 12.1 Å². The lowest BCUT2D eigenvalue weighted by atomic mass is 10.2. The summed E-state index contributed by atoms with van der Waals surface area (Å²) >= 11 is 0. The minimum Gasteiger partial charge on any atom is -0.301 e. The fraction of sp³-hybridized carbons (Fsp3) is 0.0833. The summed E-state index contributed by atoms with van der Waals surface area (Å²) in [6, 6.07) is 9.17. The second-order valence-electron chi connectivity index (χ2n) is 3.34. The van der Waals surface area contributed by atoms with Gasteiger partial charge < -0.3 is 4.57 Å². The second kappa shape index (κ2) is 4.78. The van der Waals surface area contributed by atoms with Crippen LogP contribution in [0.3, 0.4) is 0 Å². The Bertz CT molecular complexity index is 693. The summed E-state index contributed by atoms with van der Waals surface area (Å²) < 4.78 is 1.41. The Labute approximate surface area is 103 Å². The molecule has 0 N–H and O–H groups in total. The summed E-state index contributed by atoms with van der Waals surface area (Å²) in [5.41, 5.74) is 0.773. The van der Waals surface area contributed by atoms with E-state index in [2.05, 4.69) is 9.97 Å². The van der Waals surface area contributed by atoms with Crippen LogP contribution in [-0.4, -0.2) is 14.5 Å². The molecule has 2 heterocycles. The average Bonchev–Trinajstić information content (AvgIpc) is 2.78. The van der Waals surface area contributed by atoms with E-state index in [1.165, 1.54) is 4.57 Å². The van der Waals surface area contributed by atoms with Crippen molar-refractivity contribution in [3.05, 3.63) is 35.9 Å². The maximum atomic E-state index is 9.03. The van der Waals surface area contributed by atoms with Crippen molar-refractivity contribution >= 4 is 0 Å². The molecule has 0 spiro atoms. The number of aromatic nitrogens is 3. The molecule has 0 radical (unpaired) electrons. The molecule has 2 aromatic rings. The molecule has 0 aliphatic heterocycles. The van der Waals surface area contributed by atoms with Crippen molar-refractivity contribution in [2.45, 2.75) is 6.54 Å². The summed E-state index contributed by atoms with van der Waals surface area (Å²) in [5, 5.41) is 26.7. The number of nitriles is 3. The van der Waals surface area contributed by atoms with Gasteiger partial charge in [-0.2, -0.15) is 15.8 Å². The highest BCUT2D eigenvalue weighted by molar-refractivity contribution is 5.58. The number of imidazole rings is 1. The fourth-order valence-electron chi connectivity index (χ4n) is 1.58. The Morgan fingerprint density at radius 1 is 1.22 bits per heavy atom. The van der Waals surface area contributed by atoms with E-state index in [1.807, 2.05) is 18.2 Å². The first-order valence-electron chi connectivity index (χ1n) is 5.00. The van der Waals surface area contributed by atoms with Crippen LogP contribution >= 0.6 is 0 Å². The Morgan fingerprint density at radius 2 is 2.06 bits per heavy atom. The summed E-state index contributed by atoms with van der Waals surface area (Å²) in [6.07, 6.45) is 3.18. The summed E-state index contributed by atoms with van der Waals surface area (Å²) in [5.74, 6) is 0.401. The molecule has 2 rings (SSSR count). The van der Waals surface area contributed by atoms with E-state index in [-0.39, 0.29) is 17.9 Å². The number of pyridine rings is 1.